The number of piperidine rings is 1. The smallest absolute Gasteiger partial charge is 0.147 e. The molecule has 4 aromatic rings. The van der Waals surface area contributed by atoms with Crippen LogP contribution in [0.4, 0.5) is 5.82 Å². The monoisotopic (exact) mass is 520 g/mol. The SMILES string of the molecule is C[C@@H]1OCC2(CCN(c3cnc(Sc4ccc5nn(Cc6ccccc6)cc5c4Cl)cn3)CC2)[C@@H]1N. The Bertz CT molecular complexity index is 1350. The summed E-state index contributed by atoms with van der Waals surface area (Å²) in [6.45, 7) is 5.38. The minimum absolute atomic E-state index is 0.101. The molecule has 2 atom stereocenters. The van der Waals surface area contributed by atoms with Gasteiger partial charge in [0.1, 0.15) is 10.8 Å². The lowest BCUT2D eigenvalue weighted by Gasteiger charge is -2.41. The summed E-state index contributed by atoms with van der Waals surface area (Å²) in [6, 6.07) is 14.4. The van der Waals surface area contributed by atoms with Gasteiger partial charge in [-0.3, -0.25) is 4.68 Å². The van der Waals surface area contributed by atoms with Crippen LogP contribution in [0.25, 0.3) is 10.9 Å². The van der Waals surface area contributed by atoms with Gasteiger partial charge in [-0.1, -0.05) is 53.7 Å². The molecule has 0 saturated carbocycles. The molecular formula is C27H29ClN6OS. The van der Waals surface area contributed by atoms with Crippen molar-refractivity contribution in [2.45, 2.75) is 48.4 Å². The van der Waals surface area contributed by atoms with Gasteiger partial charge >= 0.3 is 0 Å². The van der Waals surface area contributed by atoms with Gasteiger partial charge in [0.2, 0.25) is 0 Å². The number of halogens is 1. The van der Waals surface area contributed by atoms with E-state index in [0.717, 1.165) is 59.2 Å². The van der Waals surface area contributed by atoms with Crippen LogP contribution in [0, 0.1) is 5.41 Å². The third-order valence-corrected chi connectivity index (χ3v) is 9.08. The Morgan fingerprint density at radius 3 is 2.61 bits per heavy atom. The van der Waals surface area contributed by atoms with Crippen LogP contribution in [0.1, 0.15) is 25.3 Å². The number of fused-ring (bicyclic) bond motifs is 1. The molecular weight excluding hydrogens is 492 g/mol. The molecule has 0 bridgehead atoms. The van der Waals surface area contributed by atoms with Crippen molar-refractivity contribution in [2.75, 3.05) is 24.6 Å². The molecule has 2 aliphatic rings. The zero-order valence-electron chi connectivity index (χ0n) is 20.2. The van der Waals surface area contributed by atoms with Crippen molar-refractivity contribution >= 4 is 40.1 Å². The van der Waals surface area contributed by atoms with E-state index in [1.165, 1.54) is 17.3 Å². The predicted octanol–water partition coefficient (Wildman–Crippen LogP) is 5.01. The fourth-order valence-corrected chi connectivity index (χ4v) is 6.41. The lowest BCUT2D eigenvalue weighted by molar-refractivity contribution is 0.0974. The van der Waals surface area contributed by atoms with Crippen LogP contribution >= 0.6 is 23.4 Å². The zero-order chi connectivity index (χ0) is 24.7. The first-order valence-electron chi connectivity index (χ1n) is 12.3. The largest absolute Gasteiger partial charge is 0.376 e. The second kappa shape index (κ2) is 9.67. The number of rotatable bonds is 5. The molecule has 0 amide bonds. The van der Waals surface area contributed by atoms with Crippen LogP contribution in [-0.2, 0) is 11.3 Å². The summed E-state index contributed by atoms with van der Waals surface area (Å²) < 4.78 is 7.78. The van der Waals surface area contributed by atoms with Crippen molar-refractivity contribution in [2.24, 2.45) is 11.1 Å². The van der Waals surface area contributed by atoms with E-state index in [4.69, 9.17) is 27.1 Å². The molecule has 2 N–H and O–H groups in total. The van der Waals surface area contributed by atoms with Gasteiger partial charge in [0.25, 0.3) is 0 Å². The first-order valence-corrected chi connectivity index (χ1v) is 13.5. The normalized spacial score (nSPS) is 21.5. The van der Waals surface area contributed by atoms with Gasteiger partial charge in [-0.25, -0.2) is 9.97 Å². The number of aromatic nitrogens is 4. The molecule has 6 rings (SSSR count). The quantitative estimate of drug-likeness (QED) is 0.396. The zero-order valence-corrected chi connectivity index (χ0v) is 21.8. The summed E-state index contributed by atoms with van der Waals surface area (Å²) >= 11 is 8.31. The molecule has 0 radical (unpaired) electrons. The molecule has 0 aliphatic carbocycles. The van der Waals surface area contributed by atoms with Crippen LogP contribution in [0.3, 0.4) is 0 Å². The molecule has 7 nitrogen and oxygen atoms in total. The van der Waals surface area contributed by atoms with Crippen molar-refractivity contribution in [3.8, 4) is 0 Å². The van der Waals surface area contributed by atoms with Gasteiger partial charge in [0, 0.05) is 41.0 Å². The Balaban J connectivity index is 1.13. The average molecular weight is 521 g/mol. The van der Waals surface area contributed by atoms with Crippen molar-refractivity contribution in [1.29, 1.82) is 0 Å². The third kappa shape index (κ3) is 4.47. The van der Waals surface area contributed by atoms with Crippen LogP contribution in [-0.4, -0.2) is 51.6 Å². The minimum atomic E-state index is 0.101. The van der Waals surface area contributed by atoms with Gasteiger partial charge in [-0.05, 0) is 37.5 Å². The highest BCUT2D eigenvalue weighted by molar-refractivity contribution is 7.99. The summed E-state index contributed by atoms with van der Waals surface area (Å²) in [5.74, 6) is 0.901. The van der Waals surface area contributed by atoms with Gasteiger partial charge in [-0.15, -0.1) is 0 Å². The summed E-state index contributed by atoms with van der Waals surface area (Å²) in [6.07, 6.45) is 7.87. The van der Waals surface area contributed by atoms with Crippen LogP contribution in [0.15, 0.2) is 71.0 Å². The number of hydrogen-bond acceptors (Lipinski definition) is 7. The number of hydrogen-bond donors (Lipinski definition) is 1. The van der Waals surface area contributed by atoms with E-state index < -0.39 is 0 Å². The molecule has 4 heterocycles. The Morgan fingerprint density at radius 1 is 1.11 bits per heavy atom. The standard InChI is InChI=1S/C27H29ClN6OS/c1-18-26(29)27(17-35-18)9-11-33(12-10-27)23-13-31-24(14-30-23)36-22-8-7-21-20(25(22)28)16-34(32-21)15-19-5-3-2-4-6-19/h2-8,13-14,16,18,26H,9-12,15,17,29H2,1H3/t18-,26+/m0/s1. The van der Waals surface area contributed by atoms with Gasteiger partial charge in [-0.2, -0.15) is 5.10 Å². The average Bonchev–Trinajstić information content (AvgIpc) is 3.44. The highest BCUT2D eigenvalue weighted by Crippen LogP contribution is 2.42. The first kappa shape index (κ1) is 23.7. The van der Waals surface area contributed by atoms with E-state index in [1.54, 1.807) is 0 Å². The summed E-state index contributed by atoms with van der Waals surface area (Å²) in [4.78, 5) is 12.6. The van der Waals surface area contributed by atoms with Crippen LogP contribution < -0.4 is 10.6 Å². The highest BCUT2D eigenvalue weighted by atomic mass is 35.5. The lowest BCUT2D eigenvalue weighted by atomic mass is 9.73. The van der Waals surface area contributed by atoms with E-state index in [1.807, 2.05) is 53.6 Å². The van der Waals surface area contributed by atoms with E-state index in [-0.39, 0.29) is 17.6 Å². The second-order valence-corrected chi connectivity index (χ2v) is 11.3. The van der Waals surface area contributed by atoms with Gasteiger partial charge in [0.05, 0.1) is 42.2 Å². The Labute approximate surface area is 220 Å². The molecule has 36 heavy (non-hydrogen) atoms. The maximum atomic E-state index is 6.79. The van der Waals surface area contributed by atoms with Crippen molar-refractivity contribution < 1.29 is 4.74 Å². The molecule has 1 spiro atoms. The number of nitrogens with zero attached hydrogens (tertiary/aromatic N) is 5. The minimum Gasteiger partial charge on any atom is -0.376 e. The van der Waals surface area contributed by atoms with Gasteiger partial charge < -0.3 is 15.4 Å². The van der Waals surface area contributed by atoms with Crippen molar-refractivity contribution in [3.63, 3.8) is 0 Å². The van der Waals surface area contributed by atoms with E-state index in [9.17, 15) is 0 Å². The molecule has 2 aromatic heterocycles. The fourth-order valence-electron chi connectivity index (χ4n) is 5.31. The fraction of sp³-hybridized carbons (Fsp3) is 0.370. The topological polar surface area (TPSA) is 82.1 Å². The lowest BCUT2D eigenvalue weighted by Crippen LogP contribution is -2.50. The van der Waals surface area contributed by atoms with E-state index in [0.29, 0.717) is 11.6 Å². The Hall–Kier alpha value is -2.65. The maximum absolute atomic E-state index is 6.79. The molecule has 186 valence electrons. The Morgan fingerprint density at radius 2 is 1.92 bits per heavy atom. The molecule has 2 aliphatic heterocycles. The summed E-state index contributed by atoms with van der Waals surface area (Å²) in [5.41, 5.74) is 8.64. The Kier molecular flexibility index (Phi) is 6.37. The summed E-state index contributed by atoms with van der Waals surface area (Å²) in [5, 5.41) is 7.13. The summed E-state index contributed by atoms with van der Waals surface area (Å²) in [7, 11) is 0. The number of anilines is 1. The highest BCUT2D eigenvalue weighted by Gasteiger charge is 2.47. The molecule has 0 unspecified atom stereocenters. The van der Waals surface area contributed by atoms with Crippen LogP contribution in [0.2, 0.25) is 5.02 Å². The molecule has 2 aromatic carbocycles. The molecule has 2 saturated heterocycles. The second-order valence-electron chi connectivity index (χ2n) is 9.83. The third-order valence-electron chi connectivity index (χ3n) is 7.58. The maximum Gasteiger partial charge on any atom is 0.147 e. The first-order chi connectivity index (χ1) is 17.5. The van der Waals surface area contributed by atoms with Crippen molar-refractivity contribution in [3.05, 3.63) is 71.6 Å². The molecule has 2 fully saturated rings. The number of ether oxygens (including phenoxy) is 1. The predicted molar refractivity (Wildman–Crippen MR) is 144 cm³/mol. The van der Waals surface area contributed by atoms with E-state index >= 15 is 0 Å². The van der Waals surface area contributed by atoms with E-state index in [2.05, 4.69) is 34.0 Å². The number of benzene rings is 2. The van der Waals surface area contributed by atoms with Gasteiger partial charge in [0.15, 0.2) is 0 Å². The van der Waals surface area contributed by atoms with Crippen LogP contribution in [0.5, 0.6) is 0 Å². The number of nitrogens with two attached hydrogens (primary N) is 1. The van der Waals surface area contributed by atoms with Crippen molar-refractivity contribution in [1.82, 2.24) is 19.7 Å². The molecule has 9 heteroatoms.